The molecule has 5 heteroatoms. The summed E-state index contributed by atoms with van der Waals surface area (Å²) in [4.78, 5) is 14.3. The molecular formula is C20H25N3O2. The Balaban J connectivity index is 1.97. The highest BCUT2D eigenvalue weighted by molar-refractivity contribution is 5.97. The second-order valence-electron chi connectivity index (χ2n) is 5.79. The lowest BCUT2D eigenvalue weighted by Crippen LogP contribution is -2.24. The van der Waals surface area contributed by atoms with Crippen LogP contribution in [0.5, 0.6) is 5.75 Å². The minimum absolute atomic E-state index is 0.0634. The molecule has 0 bridgehead atoms. The third kappa shape index (κ3) is 5.35. The number of hydrazone groups is 1. The van der Waals surface area contributed by atoms with Gasteiger partial charge in [-0.1, -0.05) is 38.1 Å². The fraction of sp³-hybridized carbons (Fsp3) is 0.300. The van der Waals surface area contributed by atoms with Crippen molar-refractivity contribution in [3.05, 3.63) is 59.7 Å². The smallest absolute Gasteiger partial charge is 0.275 e. The third-order valence-electron chi connectivity index (χ3n) is 3.77. The number of nitrogens with one attached hydrogen (secondary N) is 1. The number of benzene rings is 2. The van der Waals surface area contributed by atoms with E-state index < -0.39 is 5.91 Å². The standard InChI is InChI=1S/C20H25N3O2/c1-3-13-23(14-4-2)17-11-9-16(10-12-17)15-21-22-20(25)18-7-5-6-8-19(18)24/h5-12,15,24H,3-4,13-14H2,1-2H3,(H,22,25)/b21-15+. The number of para-hydroxylation sites is 1. The first kappa shape index (κ1) is 18.5. The van der Waals surface area contributed by atoms with E-state index in [0.29, 0.717) is 0 Å². The molecule has 0 aromatic heterocycles. The molecule has 0 saturated heterocycles. The summed E-state index contributed by atoms with van der Waals surface area (Å²) in [5.41, 5.74) is 4.72. The molecule has 0 radical (unpaired) electrons. The molecule has 0 unspecified atom stereocenters. The van der Waals surface area contributed by atoms with Gasteiger partial charge in [-0.05, 0) is 42.7 Å². The fourth-order valence-corrected chi connectivity index (χ4v) is 2.57. The highest BCUT2D eigenvalue weighted by Crippen LogP contribution is 2.16. The van der Waals surface area contributed by atoms with E-state index in [1.807, 2.05) is 12.1 Å². The summed E-state index contributed by atoms with van der Waals surface area (Å²) in [5, 5.41) is 13.6. The summed E-state index contributed by atoms with van der Waals surface area (Å²) in [7, 11) is 0. The first-order valence-electron chi connectivity index (χ1n) is 8.62. The summed E-state index contributed by atoms with van der Waals surface area (Å²) in [5.74, 6) is -0.505. The number of rotatable bonds is 8. The van der Waals surface area contributed by atoms with Crippen molar-refractivity contribution in [2.75, 3.05) is 18.0 Å². The molecule has 0 saturated carbocycles. The van der Waals surface area contributed by atoms with Gasteiger partial charge in [0.1, 0.15) is 5.75 Å². The van der Waals surface area contributed by atoms with Crippen LogP contribution in [-0.2, 0) is 0 Å². The Morgan fingerprint density at radius 2 is 1.72 bits per heavy atom. The van der Waals surface area contributed by atoms with Gasteiger partial charge in [-0.2, -0.15) is 5.10 Å². The number of phenols is 1. The summed E-state index contributed by atoms with van der Waals surface area (Å²) in [6, 6.07) is 14.5. The Kier molecular flexibility index (Phi) is 7.01. The number of carbonyl (C=O) groups excluding carboxylic acids is 1. The maximum absolute atomic E-state index is 12.0. The molecule has 25 heavy (non-hydrogen) atoms. The van der Waals surface area contributed by atoms with Crippen LogP contribution in [0.1, 0.15) is 42.6 Å². The molecule has 0 atom stereocenters. The number of carbonyl (C=O) groups is 1. The first-order valence-corrected chi connectivity index (χ1v) is 8.62. The molecule has 1 amide bonds. The van der Waals surface area contributed by atoms with Crippen LogP contribution in [-0.4, -0.2) is 30.3 Å². The Labute approximate surface area is 149 Å². The van der Waals surface area contributed by atoms with Crippen molar-refractivity contribution in [3.63, 3.8) is 0 Å². The van der Waals surface area contributed by atoms with Gasteiger partial charge >= 0.3 is 0 Å². The third-order valence-corrected chi connectivity index (χ3v) is 3.77. The molecule has 0 aliphatic rings. The zero-order chi connectivity index (χ0) is 18.1. The quantitative estimate of drug-likeness (QED) is 0.568. The maximum Gasteiger partial charge on any atom is 0.275 e. The maximum atomic E-state index is 12.0. The van der Waals surface area contributed by atoms with E-state index in [4.69, 9.17) is 0 Å². The lowest BCUT2D eigenvalue weighted by molar-refractivity contribution is 0.0952. The molecule has 0 spiro atoms. The average molecular weight is 339 g/mol. The van der Waals surface area contributed by atoms with E-state index in [-0.39, 0.29) is 11.3 Å². The number of hydrogen-bond donors (Lipinski definition) is 2. The van der Waals surface area contributed by atoms with Gasteiger partial charge in [-0.15, -0.1) is 0 Å². The minimum Gasteiger partial charge on any atom is -0.507 e. The molecule has 2 aromatic rings. The van der Waals surface area contributed by atoms with Gasteiger partial charge < -0.3 is 10.0 Å². The second-order valence-corrected chi connectivity index (χ2v) is 5.79. The van der Waals surface area contributed by atoms with E-state index in [0.717, 1.165) is 31.5 Å². The van der Waals surface area contributed by atoms with Crippen molar-refractivity contribution < 1.29 is 9.90 Å². The van der Waals surface area contributed by atoms with Crippen LogP contribution in [0.25, 0.3) is 0 Å². The van der Waals surface area contributed by atoms with Gasteiger partial charge in [0.2, 0.25) is 0 Å². The van der Waals surface area contributed by atoms with Crippen LogP contribution >= 0.6 is 0 Å². The van der Waals surface area contributed by atoms with E-state index in [2.05, 4.69) is 41.4 Å². The molecule has 2 rings (SSSR count). The monoisotopic (exact) mass is 339 g/mol. The Bertz CT molecular complexity index is 705. The van der Waals surface area contributed by atoms with Crippen molar-refractivity contribution in [3.8, 4) is 5.75 Å². The average Bonchev–Trinajstić information content (AvgIpc) is 2.62. The van der Waals surface area contributed by atoms with Gasteiger partial charge in [-0.3, -0.25) is 4.79 Å². The highest BCUT2D eigenvalue weighted by Gasteiger charge is 2.08. The first-order chi connectivity index (χ1) is 12.2. The van der Waals surface area contributed by atoms with Crippen molar-refractivity contribution in [1.82, 2.24) is 5.43 Å². The molecular weight excluding hydrogens is 314 g/mol. The molecule has 0 fully saturated rings. The molecule has 0 heterocycles. The number of amides is 1. The van der Waals surface area contributed by atoms with E-state index >= 15 is 0 Å². The van der Waals surface area contributed by atoms with Crippen molar-refractivity contribution in [2.24, 2.45) is 5.10 Å². The van der Waals surface area contributed by atoms with Gasteiger partial charge in [0.15, 0.2) is 0 Å². The molecule has 2 N–H and O–H groups in total. The Hall–Kier alpha value is -2.82. The largest absolute Gasteiger partial charge is 0.507 e. The minimum atomic E-state index is -0.442. The number of phenolic OH excluding ortho intramolecular Hbond substituents is 1. The second kappa shape index (κ2) is 9.47. The van der Waals surface area contributed by atoms with E-state index in [1.54, 1.807) is 24.4 Å². The molecule has 0 aliphatic heterocycles. The van der Waals surface area contributed by atoms with Crippen LogP contribution in [0.4, 0.5) is 5.69 Å². The summed E-state index contributed by atoms with van der Waals surface area (Å²) in [6.45, 7) is 6.43. The molecule has 2 aromatic carbocycles. The Morgan fingerprint density at radius 3 is 2.32 bits per heavy atom. The Morgan fingerprint density at radius 1 is 1.08 bits per heavy atom. The van der Waals surface area contributed by atoms with Crippen LogP contribution < -0.4 is 10.3 Å². The van der Waals surface area contributed by atoms with Crippen molar-refractivity contribution in [1.29, 1.82) is 0 Å². The zero-order valence-electron chi connectivity index (χ0n) is 14.8. The predicted octanol–water partition coefficient (Wildman–Crippen LogP) is 3.78. The number of anilines is 1. The highest BCUT2D eigenvalue weighted by atomic mass is 16.3. The van der Waals surface area contributed by atoms with Gasteiger partial charge in [0, 0.05) is 18.8 Å². The molecule has 132 valence electrons. The summed E-state index contributed by atoms with van der Waals surface area (Å²) in [6.07, 6.45) is 3.81. The van der Waals surface area contributed by atoms with Gasteiger partial charge in [-0.25, -0.2) is 5.43 Å². The van der Waals surface area contributed by atoms with Crippen LogP contribution in [0, 0.1) is 0 Å². The lowest BCUT2D eigenvalue weighted by Gasteiger charge is -2.23. The molecule has 5 nitrogen and oxygen atoms in total. The number of nitrogens with zero attached hydrogens (tertiary/aromatic N) is 2. The zero-order valence-corrected chi connectivity index (χ0v) is 14.8. The van der Waals surface area contributed by atoms with E-state index in [1.165, 1.54) is 11.8 Å². The fourth-order valence-electron chi connectivity index (χ4n) is 2.57. The van der Waals surface area contributed by atoms with Crippen molar-refractivity contribution in [2.45, 2.75) is 26.7 Å². The number of hydrogen-bond acceptors (Lipinski definition) is 4. The van der Waals surface area contributed by atoms with Gasteiger partial charge in [0.25, 0.3) is 5.91 Å². The lowest BCUT2D eigenvalue weighted by atomic mass is 10.2. The summed E-state index contributed by atoms with van der Waals surface area (Å²) < 4.78 is 0. The summed E-state index contributed by atoms with van der Waals surface area (Å²) >= 11 is 0. The SMILES string of the molecule is CCCN(CCC)c1ccc(/C=N/NC(=O)c2ccccc2O)cc1. The van der Waals surface area contributed by atoms with Crippen LogP contribution in [0.15, 0.2) is 53.6 Å². The van der Waals surface area contributed by atoms with Crippen LogP contribution in [0.2, 0.25) is 0 Å². The van der Waals surface area contributed by atoms with Crippen LogP contribution in [0.3, 0.4) is 0 Å². The molecule has 0 aliphatic carbocycles. The normalized spacial score (nSPS) is 10.8. The number of aromatic hydroxyl groups is 1. The van der Waals surface area contributed by atoms with Crippen molar-refractivity contribution >= 4 is 17.8 Å². The van der Waals surface area contributed by atoms with Gasteiger partial charge in [0.05, 0.1) is 11.8 Å². The van der Waals surface area contributed by atoms with E-state index in [9.17, 15) is 9.90 Å². The topological polar surface area (TPSA) is 64.9 Å². The predicted molar refractivity (Wildman–Crippen MR) is 102 cm³/mol.